The smallest absolute Gasteiger partial charge is 0.0541 e. The Bertz CT molecular complexity index is 8350. The molecule has 0 unspecified atom stereocenters. The molecule has 6 heteroatoms. The van der Waals surface area contributed by atoms with Crippen molar-refractivity contribution in [3.05, 3.63) is 534 Å². The predicted octanol–water partition coefficient (Wildman–Crippen LogP) is 34.9. The molecule has 6 nitrogen and oxygen atoms in total. The molecule has 25 aromatic rings. The largest absolute Gasteiger partial charge is 0.311 e. The second kappa shape index (κ2) is 35.0. The minimum atomic E-state index is 1.10. The van der Waals surface area contributed by atoms with Crippen LogP contribution in [0.15, 0.2) is 534 Å². The predicted molar refractivity (Wildman–Crippen MR) is 561 cm³/mol. The third kappa shape index (κ3) is 15.3. The summed E-state index contributed by atoms with van der Waals surface area (Å²) in [5.74, 6) is 0. The van der Waals surface area contributed by atoms with Gasteiger partial charge in [0.15, 0.2) is 0 Å². The van der Waals surface area contributed by atoms with Crippen LogP contribution >= 0.6 is 0 Å². The molecule has 25 rings (SSSR count). The molecule has 22 aromatic carbocycles. The average molecular weight is 1690 g/mol. The zero-order chi connectivity index (χ0) is 87.6. The maximum Gasteiger partial charge on any atom is 0.0541 e. The highest BCUT2D eigenvalue weighted by atomic mass is 15.2. The molecule has 0 aliphatic heterocycles. The van der Waals surface area contributed by atoms with Crippen LogP contribution in [0, 0.1) is 0 Å². The monoisotopic (exact) mass is 1680 g/mol. The molecular weight excluding hydrogens is 1600 g/mol. The van der Waals surface area contributed by atoms with Crippen LogP contribution in [0.25, 0.3) is 159 Å². The van der Waals surface area contributed by atoms with E-state index in [1.807, 2.05) is 0 Å². The third-order valence-electron chi connectivity index (χ3n) is 25.7. The SMILES string of the molecule is c1ccc(-c2ccc(N(c3ccc(-c4ccc5ccccc5c4)cc3)c3ccc(-n4c5ccccc5c5ccccc54)cc3)cc2)cc1.c1ccc(N(c2ccc(-n3c4ccccc4c4ccccc43)cc2)c2cccc(-c3ccc4ccccc4c3)c2)cc1.c1ccc(N(c2cccc(-c3ccc4ccccc4c3)c2)c2cccc(-n3c4ccccc4c4ccccc43)c2)cc1. The van der Waals surface area contributed by atoms with Crippen LogP contribution in [0.3, 0.4) is 0 Å². The van der Waals surface area contributed by atoms with Crippen molar-refractivity contribution in [2.45, 2.75) is 0 Å². The van der Waals surface area contributed by atoms with Gasteiger partial charge in [-0.2, -0.15) is 0 Å². The fourth-order valence-corrected chi connectivity index (χ4v) is 19.4. The summed E-state index contributed by atoms with van der Waals surface area (Å²) in [5, 5.41) is 15.1. The first-order valence-electron chi connectivity index (χ1n) is 45.2. The van der Waals surface area contributed by atoms with Crippen molar-refractivity contribution in [2.24, 2.45) is 0 Å². The van der Waals surface area contributed by atoms with Gasteiger partial charge in [0.05, 0.1) is 33.1 Å². The Balaban J connectivity index is 0.000000113. The van der Waals surface area contributed by atoms with Gasteiger partial charge >= 0.3 is 0 Å². The van der Waals surface area contributed by atoms with Gasteiger partial charge in [0.2, 0.25) is 0 Å². The van der Waals surface area contributed by atoms with Gasteiger partial charge in [0.25, 0.3) is 0 Å². The molecule has 0 aliphatic rings. The van der Waals surface area contributed by atoms with Crippen LogP contribution < -0.4 is 14.7 Å². The van der Waals surface area contributed by atoms with E-state index in [0.717, 1.165) is 68.2 Å². The van der Waals surface area contributed by atoms with Gasteiger partial charge in [-0.1, -0.05) is 340 Å². The van der Waals surface area contributed by atoms with Crippen LogP contribution in [-0.4, -0.2) is 13.7 Å². The molecule has 0 atom stereocenters. The Labute approximate surface area is 767 Å². The highest BCUT2D eigenvalue weighted by Crippen LogP contribution is 2.45. The molecule has 0 N–H and O–H groups in total. The normalized spacial score (nSPS) is 11.3. The Kier molecular flexibility index (Phi) is 21.0. The number of para-hydroxylation sites is 8. The van der Waals surface area contributed by atoms with Crippen LogP contribution in [0.4, 0.5) is 51.2 Å². The first kappa shape index (κ1) is 79.1. The zero-order valence-corrected chi connectivity index (χ0v) is 72.5. The molecule has 0 fully saturated rings. The van der Waals surface area contributed by atoms with E-state index in [1.165, 1.54) is 142 Å². The van der Waals surface area contributed by atoms with Gasteiger partial charge in [0, 0.05) is 101 Å². The second-order valence-electron chi connectivity index (χ2n) is 33.6. The molecule has 0 bridgehead atoms. The van der Waals surface area contributed by atoms with Gasteiger partial charge in [-0.05, 0) is 271 Å². The molecule has 3 heterocycles. The Morgan fingerprint density at radius 3 is 0.682 bits per heavy atom. The fourth-order valence-electron chi connectivity index (χ4n) is 19.4. The number of anilines is 9. The number of hydrogen-bond acceptors (Lipinski definition) is 3. The minimum Gasteiger partial charge on any atom is -0.311 e. The second-order valence-corrected chi connectivity index (χ2v) is 33.6. The van der Waals surface area contributed by atoms with Gasteiger partial charge in [0.1, 0.15) is 0 Å². The lowest BCUT2D eigenvalue weighted by Gasteiger charge is -2.26. The number of rotatable bonds is 16. The Hall–Kier alpha value is -17.6. The van der Waals surface area contributed by atoms with Gasteiger partial charge < -0.3 is 28.4 Å². The average Bonchev–Trinajstić information content (AvgIpc) is 1.60. The van der Waals surface area contributed by atoms with E-state index in [-0.39, 0.29) is 0 Å². The maximum absolute atomic E-state index is 2.38. The van der Waals surface area contributed by atoms with E-state index in [1.54, 1.807) is 0 Å². The molecular formula is C126H88N6. The highest BCUT2D eigenvalue weighted by Gasteiger charge is 2.22. The summed E-state index contributed by atoms with van der Waals surface area (Å²) >= 11 is 0. The van der Waals surface area contributed by atoms with E-state index >= 15 is 0 Å². The summed E-state index contributed by atoms with van der Waals surface area (Å²) in [6, 6.07) is 192. The first-order chi connectivity index (χ1) is 65.5. The summed E-state index contributed by atoms with van der Waals surface area (Å²) < 4.78 is 7.11. The molecule has 0 amide bonds. The molecule has 3 aromatic heterocycles. The summed E-state index contributed by atoms with van der Waals surface area (Å²) in [5.41, 5.74) is 30.4. The molecule has 132 heavy (non-hydrogen) atoms. The standard InChI is InChI=1S/C46H32N2.2C40H28N2/c1-2-10-33(11-3-1)35-20-24-39(25-21-35)47(40-26-22-36(23-27-40)38-19-18-34-12-4-5-13-37(34)32-38)41-28-30-42(31-29-41)48-45-16-8-6-14-43(45)44-15-7-9-17-46(44)48;1-2-15-33(16-3-1)41(34-17-10-14-31(27-34)32-25-24-29-12-4-5-13-30(29)26-32)35-18-11-19-36(28-35)42-39-22-8-6-20-37(39)38-21-7-9-23-40(38)42;1-2-14-33(15-3-1)41(36-16-10-13-31(28-36)32-22-21-29-11-4-5-12-30(29)27-32)34-23-25-35(26-24-34)42-39-19-8-6-17-37(39)38-18-7-9-20-40(38)42/h1-32H;2*1-28H. The number of hydrogen-bond donors (Lipinski definition) is 0. The van der Waals surface area contributed by atoms with Crippen molar-refractivity contribution in [3.8, 4) is 61.6 Å². The van der Waals surface area contributed by atoms with E-state index < -0.39 is 0 Å². The van der Waals surface area contributed by atoms with Crippen molar-refractivity contribution < 1.29 is 0 Å². The number of fused-ring (bicyclic) bond motifs is 12. The number of benzene rings is 22. The summed E-state index contributed by atoms with van der Waals surface area (Å²) in [6.45, 7) is 0. The van der Waals surface area contributed by atoms with E-state index in [4.69, 9.17) is 0 Å². The summed E-state index contributed by atoms with van der Waals surface area (Å²) in [4.78, 5) is 7.02. The van der Waals surface area contributed by atoms with Crippen molar-refractivity contribution in [1.29, 1.82) is 0 Å². The summed E-state index contributed by atoms with van der Waals surface area (Å²) in [7, 11) is 0. The molecule has 0 spiro atoms. The maximum atomic E-state index is 2.38. The minimum absolute atomic E-state index is 1.10. The highest BCUT2D eigenvalue weighted by molar-refractivity contribution is 6.12. The van der Waals surface area contributed by atoms with Crippen LogP contribution in [0.1, 0.15) is 0 Å². The fraction of sp³-hybridized carbons (Fsp3) is 0. The number of nitrogens with zero attached hydrogens (tertiary/aromatic N) is 6. The molecule has 0 aliphatic carbocycles. The van der Waals surface area contributed by atoms with E-state index in [2.05, 4.69) is 562 Å². The first-order valence-corrected chi connectivity index (χ1v) is 45.2. The zero-order valence-electron chi connectivity index (χ0n) is 72.5. The molecule has 0 saturated carbocycles. The van der Waals surface area contributed by atoms with Crippen molar-refractivity contribution in [2.75, 3.05) is 14.7 Å². The van der Waals surface area contributed by atoms with E-state index in [9.17, 15) is 0 Å². The van der Waals surface area contributed by atoms with Gasteiger partial charge in [-0.15, -0.1) is 0 Å². The quantitative estimate of drug-likeness (QED) is 0.0964. The topological polar surface area (TPSA) is 24.5 Å². The van der Waals surface area contributed by atoms with E-state index in [0.29, 0.717) is 0 Å². The van der Waals surface area contributed by atoms with Crippen LogP contribution in [-0.2, 0) is 0 Å². The van der Waals surface area contributed by atoms with Crippen molar-refractivity contribution >= 4 is 149 Å². The number of aromatic nitrogens is 3. The molecule has 0 radical (unpaired) electrons. The van der Waals surface area contributed by atoms with Gasteiger partial charge in [-0.3, -0.25) is 0 Å². The Morgan fingerprint density at radius 1 is 0.114 bits per heavy atom. The lowest BCUT2D eigenvalue weighted by Crippen LogP contribution is -2.10. The van der Waals surface area contributed by atoms with Crippen molar-refractivity contribution in [3.63, 3.8) is 0 Å². The van der Waals surface area contributed by atoms with Crippen LogP contribution in [0.2, 0.25) is 0 Å². The van der Waals surface area contributed by atoms with Crippen LogP contribution in [0.5, 0.6) is 0 Å². The molecule has 0 saturated heterocycles. The lowest BCUT2D eigenvalue weighted by molar-refractivity contribution is 1.17. The lowest BCUT2D eigenvalue weighted by atomic mass is 10.0. The summed E-state index contributed by atoms with van der Waals surface area (Å²) in [6.07, 6.45) is 0. The Morgan fingerprint density at radius 2 is 0.326 bits per heavy atom. The van der Waals surface area contributed by atoms with Crippen molar-refractivity contribution in [1.82, 2.24) is 13.7 Å². The molecule has 622 valence electrons. The van der Waals surface area contributed by atoms with Gasteiger partial charge in [-0.25, -0.2) is 0 Å². The third-order valence-corrected chi connectivity index (χ3v) is 25.7.